The van der Waals surface area contributed by atoms with Crippen LogP contribution in [0.4, 0.5) is 8.78 Å². The van der Waals surface area contributed by atoms with Gasteiger partial charge in [-0.05, 0) is 31.5 Å². The van der Waals surface area contributed by atoms with Crippen LogP contribution in [0, 0.1) is 0 Å². The van der Waals surface area contributed by atoms with Crippen LogP contribution in [0.2, 0.25) is 0 Å². The largest absolute Gasteiger partial charge is 0.497 e. The molecule has 7 heteroatoms. The molecule has 0 aliphatic heterocycles. The van der Waals surface area contributed by atoms with Crippen molar-refractivity contribution in [3.8, 4) is 5.75 Å². The van der Waals surface area contributed by atoms with Crippen LogP contribution in [0.5, 0.6) is 5.75 Å². The van der Waals surface area contributed by atoms with Gasteiger partial charge < -0.3 is 19.3 Å². The first kappa shape index (κ1) is 18.9. The Hall–Kier alpha value is -2.15. The van der Waals surface area contributed by atoms with Gasteiger partial charge in [-0.25, -0.2) is 4.79 Å². The van der Waals surface area contributed by atoms with Gasteiger partial charge in [0.1, 0.15) is 5.75 Å². The summed E-state index contributed by atoms with van der Waals surface area (Å²) in [7, 11) is 1.44. The van der Waals surface area contributed by atoms with Crippen molar-refractivity contribution in [2.24, 2.45) is 0 Å². The SMILES string of the molecule is CCOC(=O)/C=C(\OCC)C(F)(F)C(O)c1ccc(OC)cc1. The Morgan fingerprint density at radius 2 is 1.78 bits per heavy atom. The first-order chi connectivity index (χ1) is 10.9. The van der Waals surface area contributed by atoms with E-state index < -0.39 is 23.8 Å². The minimum atomic E-state index is -3.79. The highest BCUT2D eigenvalue weighted by atomic mass is 19.3. The topological polar surface area (TPSA) is 65.0 Å². The summed E-state index contributed by atoms with van der Waals surface area (Å²) >= 11 is 0. The molecule has 0 aliphatic rings. The third-order valence-corrected chi connectivity index (χ3v) is 2.94. The molecule has 1 aromatic rings. The fourth-order valence-electron chi connectivity index (χ4n) is 1.81. The molecule has 0 bridgehead atoms. The fourth-order valence-corrected chi connectivity index (χ4v) is 1.81. The molecule has 1 atom stereocenters. The van der Waals surface area contributed by atoms with E-state index >= 15 is 0 Å². The van der Waals surface area contributed by atoms with Crippen molar-refractivity contribution in [3.05, 3.63) is 41.7 Å². The minimum absolute atomic E-state index is 0.0368. The molecule has 0 radical (unpaired) electrons. The van der Waals surface area contributed by atoms with Crippen LogP contribution in [-0.2, 0) is 14.3 Å². The number of hydrogen-bond acceptors (Lipinski definition) is 5. The lowest BCUT2D eigenvalue weighted by atomic mass is 10.0. The van der Waals surface area contributed by atoms with Crippen molar-refractivity contribution < 1.29 is 32.9 Å². The lowest BCUT2D eigenvalue weighted by molar-refractivity contribution is -0.139. The average molecular weight is 330 g/mol. The number of esters is 1. The second kappa shape index (κ2) is 8.47. The summed E-state index contributed by atoms with van der Waals surface area (Å²) < 4.78 is 43.3. The van der Waals surface area contributed by atoms with E-state index in [0.29, 0.717) is 11.8 Å². The van der Waals surface area contributed by atoms with Crippen molar-refractivity contribution in [3.63, 3.8) is 0 Å². The fraction of sp³-hybridized carbons (Fsp3) is 0.438. The molecule has 23 heavy (non-hydrogen) atoms. The van der Waals surface area contributed by atoms with Gasteiger partial charge in [0.05, 0.1) is 26.4 Å². The summed E-state index contributed by atoms with van der Waals surface area (Å²) in [6.07, 6.45) is -1.62. The Morgan fingerprint density at radius 1 is 1.22 bits per heavy atom. The molecular weight excluding hydrogens is 310 g/mol. The normalized spacial score (nSPS) is 13.4. The minimum Gasteiger partial charge on any atom is -0.497 e. The number of alkyl halides is 2. The van der Waals surface area contributed by atoms with E-state index in [1.165, 1.54) is 38.3 Å². The standard InChI is InChI=1S/C16H20F2O5/c1-4-22-13(10-14(19)23-5-2)16(17,18)15(20)11-6-8-12(21-3)9-7-11/h6-10,15,20H,4-5H2,1-3H3/b13-10-. The third-order valence-electron chi connectivity index (χ3n) is 2.94. The number of methoxy groups -OCH3 is 1. The van der Waals surface area contributed by atoms with Gasteiger partial charge in [0, 0.05) is 0 Å². The van der Waals surface area contributed by atoms with Crippen molar-refractivity contribution in [1.82, 2.24) is 0 Å². The molecule has 1 rings (SSSR count). The van der Waals surface area contributed by atoms with E-state index in [-0.39, 0.29) is 18.8 Å². The zero-order valence-electron chi connectivity index (χ0n) is 13.2. The van der Waals surface area contributed by atoms with E-state index in [1.54, 1.807) is 6.92 Å². The van der Waals surface area contributed by atoms with Crippen LogP contribution in [0.3, 0.4) is 0 Å². The summed E-state index contributed by atoms with van der Waals surface area (Å²) in [6, 6.07) is 5.52. The lowest BCUT2D eigenvalue weighted by Crippen LogP contribution is -2.31. The number of aliphatic hydroxyl groups excluding tert-OH is 1. The number of halogens is 2. The maximum absolute atomic E-state index is 14.5. The van der Waals surface area contributed by atoms with Crippen LogP contribution in [0.1, 0.15) is 25.5 Å². The van der Waals surface area contributed by atoms with Gasteiger partial charge in [0.15, 0.2) is 11.9 Å². The van der Waals surface area contributed by atoms with Gasteiger partial charge >= 0.3 is 11.9 Å². The molecule has 0 amide bonds. The van der Waals surface area contributed by atoms with E-state index in [1.807, 2.05) is 0 Å². The van der Waals surface area contributed by atoms with E-state index in [9.17, 15) is 18.7 Å². The zero-order chi connectivity index (χ0) is 17.5. The number of carbonyl (C=O) groups excluding carboxylic acids is 1. The number of rotatable bonds is 8. The molecule has 128 valence electrons. The maximum Gasteiger partial charge on any atom is 0.334 e. The molecule has 0 saturated carbocycles. The second-order valence-electron chi connectivity index (χ2n) is 4.49. The summed E-state index contributed by atoms with van der Waals surface area (Å²) in [5, 5.41) is 9.99. The second-order valence-corrected chi connectivity index (χ2v) is 4.49. The highest BCUT2D eigenvalue weighted by molar-refractivity contribution is 5.82. The number of benzene rings is 1. The third kappa shape index (κ3) is 4.92. The predicted octanol–water partition coefficient (Wildman–Crippen LogP) is 2.85. The predicted molar refractivity (Wildman–Crippen MR) is 79.2 cm³/mol. The van der Waals surface area contributed by atoms with Gasteiger partial charge in [0.25, 0.3) is 0 Å². The van der Waals surface area contributed by atoms with E-state index in [0.717, 1.165) is 0 Å². The molecule has 0 saturated heterocycles. The van der Waals surface area contributed by atoms with Crippen molar-refractivity contribution >= 4 is 5.97 Å². The van der Waals surface area contributed by atoms with Crippen LogP contribution in [0.15, 0.2) is 36.1 Å². The van der Waals surface area contributed by atoms with Crippen molar-refractivity contribution in [1.29, 1.82) is 0 Å². The van der Waals surface area contributed by atoms with Gasteiger partial charge in [-0.15, -0.1) is 0 Å². The Balaban J connectivity index is 3.08. The summed E-state index contributed by atoms with van der Waals surface area (Å²) in [4.78, 5) is 11.4. The smallest absolute Gasteiger partial charge is 0.334 e. The van der Waals surface area contributed by atoms with Gasteiger partial charge in [-0.3, -0.25) is 0 Å². The lowest BCUT2D eigenvalue weighted by Gasteiger charge is -2.25. The Bertz CT molecular complexity index is 540. The number of ether oxygens (including phenoxy) is 3. The molecule has 1 N–H and O–H groups in total. The molecule has 1 unspecified atom stereocenters. The molecule has 0 fully saturated rings. The van der Waals surface area contributed by atoms with E-state index in [4.69, 9.17) is 9.47 Å². The summed E-state index contributed by atoms with van der Waals surface area (Å²) in [5.41, 5.74) is -0.0368. The molecule has 0 heterocycles. The van der Waals surface area contributed by atoms with Gasteiger partial charge in [0.2, 0.25) is 0 Å². The quantitative estimate of drug-likeness (QED) is 0.451. The van der Waals surface area contributed by atoms with Crippen LogP contribution < -0.4 is 4.74 Å². The highest BCUT2D eigenvalue weighted by Gasteiger charge is 2.45. The Labute approximate surface area is 133 Å². The number of carbonyl (C=O) groups is 1. The summed E-state index contributed by atoms with van der Waals surface area (Å²) in [5.74, 6) is -5.23. The Morgan fingerprint density at radius 3 is 2.26 bits per heavy atom. The average Bonchev–Trinajstić information content (AvgIpc) is 2.54. The van der Waals surface area contributed by atoms with E-state index in [2.05, 4.69) is 4.74 Å². The first-order valence-corrected chi connectivity index (χ1v) is 7.08. The molecule has 0 spiro atoms. The molecule has 1 aromatic carbocycles. The molecule has 5 nitrogen and oxygen atoms in total. The van der Waals surface area contributed by atoms with Crippen molar-refractivity contribution in [2.45, 2.75) is 25.9 Å². The first-order valence-electron chi connectivity index (χ1n) is 7.08. The zero-order valence-corrected chi connectivity index (χ0v) is 13.2. The van der Waals surface area contributed by atoms with Crippen LogP contribution >= 0.6 is 0 Å². The molecule has 0 aliphatic carbocycles. The number of aliphatic hydroxyl groups is 1. The van der Waals surface area contributed by atoms with Crippen LogP contribution in [0.25, 0.3) is 0 Å². The number of hydrogen-bond donors (Lipinski definition) is 1. The maximum atomic E-state index is 14.5. The van der Waals surface area contributed by atoms with Crippen LogP contribution in [-0.4, -0.2) is 37.3 Å². The van der Waals surface area contributed by atoms with Gasteiger partial charge in [-0.2, -0.15) is 8.78 Å². The Kier molecular flexibility index (Phi) is 6.96. The molecular formula is C16H20F2O5. The molecule has 0 aromatic heterocycles. The summed E-state index contributed by atoms with van der Waals surface area (Å²) in [6.45, 7) is 3.00. The van der Waals surface area contributed by atoms with Gasteiger partial charge in [-0.1, -0.05) is 12.1 Å². The van der Waals surface area contributed by atoms with Crippen molar-refractivity contribution in [2.75, 3.05) is 20.3 Å². The highest BCUT2D eigenvalue weighted by Crippen LogP contribution is 2.38. The monoisotopic (exact) mass is 330 g/mol.